The van der Waals surface area contributed by atoms with Crippen LogP contribution in [-0.2, 0) is 6.54 Å². The van der Waals surface area contributed by atoms with Crippen molar-refractivity contribution in [1.82, 2.24) is 25.0 Å². The standard InChI is InChI=1S/C32H32Cl2FN7O/c1-17-25(33)10-18-13-37-14-23(18)27(17)28-26(34)12-22-30(29(28)35)40-32(43-16-21-4-3-9-41(21)2)24-15-39-42(31(22)24)20-6-8-38-19(11-20)5-7-36/h10,12,14-15,19-21,38H,3-6,8-9,11,13,16H2,1-2H3/t19-,20+,21+/m1/s1. The van der Waals surface area contributed by atoms with Crippen LogP contribution in [0.5, 0.6) is 5.88 Å². The second-order valence-electron chi connectivity index (χ2n) is 11.9. The fraction of sp³-hybridized carbons (Fsp3) is 0.438. The molecule has 0 amide bonds. The summed E-state index contributed by atoms with van der Waals surface area (Å²) < 4.78 is 25.3. The van der Waals surface area contributed by atoms with E-state index in [-0.39, 0.29) is 34.2 Å². The van der Waals surface area contributed by atoms with Gasteiger partial charge in [0.25, 0.3) is 0 Å². The molecule has 0 aliphatic carbocycles. The third-order valence-electron chi connectivity index (χ3n) is 9.30. The number of hydrogen-bond donors (Lipinski definition) is 1. The summed E-state index contributed by atoms with van der Waals surface area (Å²) in [7, 11) is 2.10. The van der Waals surface area contributed by atoms with Gasteiger partial charge in [-0.1, -0.05) is 23.2 Å². The Morgan fingerprint density at radius 1 is 1.19 bits per heavy atom. The maximum Gasteiger partial charge on any atom is 0.225 e. The quantitative estimate of drug-likeness (QED) is 0.261. The van der Waals surface area contributed by atoms with E-state index in [1.54, 1.807) is 18.5 Å². The number of nitriles is 1. The molecule has 2 fully saturated rings. The number of piperidine rings is 1. The Hall–Kier alpha value is -3.29. The maximum absolute atomic E-state index is 17.0. The second-order valence-corrected chi connectivity index (χ2v) is 12.7. The fourth-order valence-corrected chi connectivity index (χ4v) is 7.47. The van der Waals surface area contributed by atoms with E-state index in [0.29, 0.717) is 41.4 Å². The van der Waals surface area contributed by atoms with Gasteiger partial charge in [-0.05, 0) is 81.6 Å². The number of likely N-dealkylation sites (N-methyl/N-ethyl adjacent to an activating group) is 1. The van der Waals surface area contributed by atoms with Crippen molar-refractivity contribution in [2.24, 2.45) is 4.99 Å². The third kappa shape index (κ3) is 4.85. The number of hydrogen-bond acceptors (Lipinski definition) is 7. The van der Waals surface area contributed by atoms with Gasteiger partial charge in [-0.15, -0.1) is 0 Å². The van der Waals surface area contributed by atoms with E-state index in [1.165, 1.54) is 0 Å². The van der Waals surface area contributed by atoms with E-state index in [9.17, 15) is 5.26 Å². The van der Waals surface area contributed by atoms with E-state index in [4.69, 9.17) is 38.0 Å². The Morgan fingerprint density at radius 2 is 2.05 bits per heavy atom. The first-order chi connectivity index (χ1) is 20.9. The van der Waals surface area contributed by atoms with Crippen molar-refractivity contribution in [2.75, 3.05) is 26.7 Å². The number of benzene rings is 2. The molecule has 1 N–H and O–H groups in total. The maximum atomic E-state index is 17.0. The number of ether oxygens (including phenoxy) is 1. The minimum atomic E-state index is -0.527. The number of nitrogens with one attached hydrogen (secondary N) is 1. The highest BCUT2D eigenvalue weighted by Crippen LogP contribution is 2.45. The topological polar surface area (TPSA) is 91.4 Å². The van der Waals surface area contributed by atoms with Crippen LogP contribution in [0.15, 0.2) is 23.3 Å². The molecule has 0 saturated carbocycles. The summed E-state index contributed by atoms with van der Waals surface area (Å²) in [6, 6.07) is 6.31. The zero-order valence-electron chi connectivity index (χ0n) is 24.1. The molecule has 2 saturated heterocycles. The van der Waals surface area contributed by atoms with E-state index in [1.807, 2.05) is 17.7 Å². The van der Waals surface area contributed by atoms with E-state index < -0.39 is 5.82 Å². The first-order valence-corrected chi connectivity index (χ1v) is 15.6. The molecular formula is C32H32Cl2FN7O. The summed E-state index contributed by atoms with van der Waals surface area (Å²) in [5, 5.41) is 19.7. The zero-order chi connectivity index (χ0) is 29.8. The van der Waals surface area contributed by atoms with Gasteiger partial charge in [0.1, 0.15) is 12.1 Å². The normalized spacial score (nSPS) is 22.0. The van der Waals surface area contributed by atoms with Gasteiger partial charge >= 0.3 is 0 Å². The summed E-state index contributed by atoms with van der Waals surface area (Å²) in [6.07, 6.45) is 7.66. The summed E-state index contributed by atoms with van der Waals surface area (Å²) >= 11 is 13.6. The van der Waals surface area contributed by atoms with Crippen molar-refractivity contribution in [1.29, 1.82) is 5.26 Å². The molecule has 0 radical (unpaired) electrons. The number of aromatic nitrogens is 3. The van der Waals surface area contributed by atoms with Crippen LogP contribution in [0, 0.1) is 24.1 Å². The summed E-state index contributed by atoms with van der Waals surface area (Å²) in [5.41, 5.74) is 4.31. The minimum Gasteiger partial charge on any atom is -0.475 e. The SMILES string of the molecule is Cc1c(Cl)cc2c(c1-c1c(Cl)cc3c(nc(OC[C@@H]4CCCN4C)c4cnn([C@H]5CCN[C@H](CC#N)C5)c43)c1F)C=NC2. The van der Waals surface area contributed by atoms with Crippen LogP contribution in [0.25, 0.3) is 32.9 Å². The van der Waals surface area contributed by atoms with Gasteiger partial charge in [-0.25, -0.2) is 9.37 Å². The zero-order valence-corrected chi connectivity index (χ0v) is 25.6. The first kappa shape index (κ1) is 28.5. The second kappa shape index (κ2) is 11.3. The Labute approximate surface area is 259 Å². The number of fused-ring (bicyclic) bond motifs is 4. The Morgan fingerprint density at radius 3 is 2.84 bits per heavy atom. The van der Waals surface area contributed by atoms with Crippen molar-refractivity contribution >= 4 is 51.2 Å². The number of nitrogens with zero attached hydrogens (tertiary/aromatic N) is 6. The van der Waals surface area contributed by atoms with Gasteiger partial charge in [-0.3, -0.25) is 9.67 Å². The van der Waals surface area contributed by atoms with Crippen molar-refractivity contribution in [2.45, 2.75) is 63.7 Å². The smallest absolute Gasteiger partial charge is 0.225 e. The van der Waals surface area contributed by atoms with Crippen LogP contribution in [-0.4, -0.2) is 64.7 Å². The summed E-state index contributed by atoms with van der Waals surface area (Å²) in [5.74, 6) is -0.168. The van der Waals surface area contributed by atoms with Gasteiger partial charge in [0, 0.05) is 39.8 Å². The number of pyridine rings is 1. The molecule has 2 aromatic heterocycles. The molecule has 3 aliphatic heterocycles. The van der Waals surface area contributed by atoms with E-state index in [2.05, 4.69) is 28.3 Å². The highest BCUT2D eigenvalue weighted by atomic mass is 35.5. The number of rotatable bonds is 6. The van der Waals surface area contributed by atoms with Gasteiger partial charge in [0.15, 0.2) is 5.82 Å². The molecule has 7 rings (SSSR count). The molecule has 8 nitrogen and oxygen atoms in total. The predicted octanol–water partition coefficient (Wildman–Crippen LogP) is 6.62. The Kier molecular flexibility index (Phi) is 7.50. The molecule has 11 heteroatoms. The van der Waals surface area contributed by atoms with Crippen LogP contribution in [0.3, 0.4) is 0 Å². The molecule has 43 heavy (non-hydrogen) atoms. The largest absolute Gasteiger partial charge is 0.475 e. The lowest BCUT2D eigenvalue weighted by atomic mass is 9.91. The van der Waals surface area contributed by atoms with Gasteiger partial charge in [-0.2, -0.15) is 10.4 Å². The van der Waals surface area contributed by atoms with Gasteiger partial charge < -0.3 is 15.0 Å². The van der Waals surface area contributed by atoms with Crippen molar-refractivity contribution < 1.29 is 9.13 Å². The highest BCUT2D eigenvalue weighted by molar-refractivity contribution is 6.36. The van der Waals surface area contributed by atoms with Crippen molar-refractivity contribution in [3.8, 4) is 23.1 Å². The lowest BCUT2D eigenvalue weighted by molar-refractivity contribution is 0.195. The van der Waals surface area contributed by atoms with Gasteiger partial charge in [0.05, 0.1) is 47.2 Å². The van der Waals surface area contributed by atoms with Crippen molar-refractivity contribution in [3.05, 3.63) is 50.9 Å². The van der Waals surface area contributed by atoms with Gasteiger partial charge in [0.2, 0.25) is 5.88 Å². The van der Waals surface area contributed by atoms with E-state index >= 15 is 4.39 Å². The number of likely N-dealkylation sites (tertiary alicyclic amines) is 1. The average Bonchev–Trinajstić information content (AvgIpc) is 3.74. The fourth-order valence-electron chi connectivity index (χ4n) is 6.96. The highest BCUT2D eigenvalue weighted by Gasteiger charge is 2.30. The molecule has 222 valence electrons. The molecule has 5 heterocycles. The molecule has 3 aliphatic rings. The van der Waals surface area contributed by atoms with Crippen LogP contribution >= 0.6 is 23.2 Å². The van der Waals surface area contributed by atoms with Crippen LogP contribution in [0.1, 0.15) is 54.8 Å². The van der Waals surface area contributed by atoms with Crippen molar-refractivity contribution in [3.63, 3.8) is 0 Å². The Bertz CT molecular complexity index is 1830. The van der Waals surface area contributed by atoms with Crippen LogP contribution in [0.4, 0.5) is 4.39 Å². The molecular weight excluding hydrogens is 588 g/mol. The number of aliphatic imine (C=N–C) groups is 1. The number of halogens is 3. The average molecular weight is 621 g/mol. The summed E-state index contributed by atoms with van der Waals surface area (Å²) in [6.45, 7) is 4.60. The third-order valence-corrected chi connectivity index (χ3v) is 9.99. The van der Waals surface area contributed by atoms with E-state index in [0.717, 1.165) is 66.4 Å². The molecule has 4 aromatic rings. The predicted molar refractivity (Wildman–Crippen MR) is 168 cm³/mol. The Balaban J connectivity index is 1.44. The lowest BCUT2D eigenvalue weighted by Gasteiger charge is -2.30. The molecule has 0 unspecified atom stereocenters. The van der Waals surface area contributed by atoms with Crippen LogP contribution in [0.2, 0.25) is 10.0 Å². The van der Waals surface area contributed by atoms with Crippen LogP contribution < -0.4 is 10.1 Å². The monoisotopic (exact) mass is 619 g/mol. The minimum absolute atomic E-state index is 0.0210. The summed E-state index contributed by atoms with van der Waals surface area (Å²) in [4.78, 5) is 11.5. The molecule has 3 atom stereocenters. The molecule has 0 bridgehead atoms. The molecule has 2 aromatic carbocycles. The first-order valence-electron chi connectivity index (χ1n) is 14.8. The molecule has 0 spiro atoms. The lowest BCUT2D eigenvalue weighted by Crippen LogP contribution is -2.38.